The molecule has 0 atom stereocenters. The summed E-state index contributed by atoms with van der Waals surface area (Å²) >= 11 is 0. The van der Waals surface area contributed by atoms with Crippen LogP contribution in [0.25, 0.3) is 0 Å². The van der Waals surface area contributed by atoms with E-state index < -0.39 is 0 Å². The quantitative estimate of drug-likeness (QED) is 0.553. The lowest BCUT2D eigenvalue weighted by Gasteiger charge is -2.31. The van der Waals surface area contributed by atoms with Gasteiger partial charge in [0, 0.05) is 53.5 Å². The van der Waals surface area contributed by atoms with E-state index in [4.69, 9.17) is 0 Å². The van der Waals surface area contributed by atoms with Crippen molar-refractivity contribution in [2.45, 2.75) is 52.0 Å². The number of carbonyl (C=O) groups is 1. The maximum absolute atomic E-state index is 12.7. The highest BCUT2D eigenvalue weighted by molar-refractivity contribution is 5.85. The highest BCUT2D eigenvalue weighted by Gasteiger charge is 2.42. The Morgan fingerprint density at radius 2 is 1.93 bits per heavy atom. The first-order valence-electron chi connectivity index (χ1n) is 11.3. The van der Waals surface area contributed by atoms with E-state index in [0.29, 0.717) is 13.1 Å². The number of piperidine rings is 1. The fourth-order valence-corrected chi connectivity index (χ4v) is 4.60. The number of nitrogens with one attached hydrogen (secondary N) is 2. The number of aromatic nitrogens is 1. The maximum Gasteiger partial charge on any atom is 0.230 e. The van der Waals surface area contributed by atoms with Gasteiger partial charge in [0.25, 0.3) is 0 Å². The topological polar surface area (TPSA) is 72.9 Å². The van der Waals surface area contributed by atoms with Crippen molar-refractivity contribution < 1.29 is 4.79 Å². The van der Waals surface area contributed by atoms with E-state index in [1.165, 1.54) is 12.8 Å². The fourth-order valence-electron chi connectivity index (χ4n) is 4.60. The van der Waals surface area contributed by atoms with Crippen LogP contribution in [0.15, 0.2) is 23.3 Å². The molecule has 1 aromatic rings. The number of carbonyl (C=O) groups excluding carboxylic acids is 1. The molecule has 7 nitrogen and oxygen atoms in total. The van der Waals surface area contributed by atoms with E-state index in [1.807, 2.05) is 20.3 Å². The van der Waals surface area contributed by atoms with Gasteiger partial charge in [-0.2, -0.15) is 0 Å². The zero-order chi connectivity index (χ0) is 21.6. The Hall–Kier alpha value is -2.31. The molecule has 7 heteroatoms. The summed E-state index contributed by atoms with van der Waals surface area (Å²) in [5, 5.41) is 6.75. The second-order valence-corrected chi connectivity index (χ2v) is 9.16. The lowest BCUT2D eigenvalue weighted by Crippen LogP contribution is -2.49. The maximum atomic E-state index is 12.7. The van der Waals surface area contributed by atoms with Crippen LogP contribution in [0.4, 0.5) is 5.82 Å². The molecule has 1 amide bonds. The van der Waals surface area contributed by atoms with Gasteiger partial charge >= 0.3 is 0 Å². The van der Waals surface area contributed by atoms with Crippen molar-refractivity contribution in [3.63, 3.8) is 0 Å². The third-order valence-corrected chi connectivity index (χ3v) is 6.62. The van der Waals surface area contributed by atoms with Crippen molar-refractivity contribution in [3.8, 4) is 0 Å². The first-order chi connectivity index (χ1) is 14.4. The molecule has 0 radical (unpaired) electrons. The summed E-state index contributed by atoms with van der Waals surface area (Å²) in [6.07, 6.45) is 8.53. The molecule has 0 unspecified atom stereocenters. The number of anilines is 1. The minimum Gasteiger partial charge on any atom is -0.357 e. The predicted octanol–water partition coefficient (Wildman–Crippen LogP) is 2.63. The number of amides is 1. The molecule has 2 aliphatic rings. The Balaban J connectivity index is 1.51. The average molecular weight is 415 g/mol. The molecule has 1 aliphatic heterocycles. The minimum atomic E-state index is -0.309. The van der Waals surface area contributed by atoms with Crippen LogP contribution in [0.3, 0.4) is 0 Å². The zero-order valence-electron chi connectivity index (χ0n) is 19.1. The summed E-state index contributed by atoms with van der Waals surface area (Å²) in [7, 11) is 5.45. The molecule has 1 saturated carbocycles. The van der Waals surface area contributed by atoms with Crippen LogP contribution in [-0.4, -0.2) is 62.5 Å². The summed E-state index contributed by atoms with van der Waals surface area (Å²) in [6.45, 7) is 5.78. The van der Waals surface area contributed by atoms with Gasteiger partial charge in [-0.25, -0.2) is 4.98 Å². The number of hydrogen-bond acceptors (Lipinski definition) is 4. The lowest BCUT2D eigenvalue weighted by atomic mass is 9.84. The van der Waals surface area contributed by atoms with E-state index in [2.05, 4.69) is 44.6 Å². The van der Waals surface area contributed by atoms with Crippen LogP contribution in [0.5, 0.6) is 0 Å². The van der Waals surface area contributed by atoms with Crippen LogP contribution in [0, 0.1) is 11.3 Å². The zero-order valence-corrected chi connectivity index (χ0v) is 19.1. The Morgan fingerprint density at radius 3 is 2.50 bits per heavy atom. The molecule has 0 aromatic carbocycles. The number of hydrogen-bond donors (Lipinski definition) is 2. The van der Waals surface area contributed by atoms with Gasteiger partial charge in [-0.3, -0.25) is 9.79 Å². The van der Waals surface area contributed by atoms with E-state index in [-0.39, 0.29) is 11.3 Å². The normalized spacial score (nSPS) is 19.6. The molecule has 1 aromatic heterocycles. The van der Waals surface area contributed by atoms with E-state index >= 15 is 0 Å². The highest BCUT2D eigenvalue weighted by atomic mass is 16.2. The van der Waals surface area contributed by atoms with Crippen LogP contribution in [0.2, 0.25) is 0 Å². The molecule has 0 spiro atoms. The molecule has 1 aliphatic carbocycles. The van der Waals surface area contributed by atoms with E-state index in [9.17, 15) is 4.79 Å². The number of rotatable bonds is 6. The Morgan fingerprint density at radius 1 is 1.23 bits per heavy atom. The smallest absolute Gasteiger partial charge is 0.230 e. The second-order valence-electron chi connectivity index (χ2n) is 9.16. The summed E-state index contributed by atoms with van der Waals surface area (Å²) in [4.78, 5) is 25.8. The number of guanidine groups is 1. The largest absolute Gasteiger partial charge is 0.357 e. The molecule has 2 N–H and O–H groups in total. The molecule has 2 heterocycles. The molecule has 0 bridgehead atoms. The van der Waals surface area contributed by atoms with Gasteiger partial charge in [-0.05, 0) is 43.2 Å². The van der Waals surface area contributed by atoms with Gasteiger partial charge in [0.2, 0.25) is 5.91 Å². The number of pyridine rings is 1. The van der Waals surface area contributed by atoms with Crippen molar-refractivity contribution in [2.75, 3.05) is 45.7 Å². The van der Waals surface area contributed by atoms with Crippen molar-refractivity contribution >= 4 is 17.7 Å². The molecule has 30 heavy (non-hydrogen) atoms. The molecule has 2 fully saturated rings. The predicted molar refractivity (Wildman–Crippen MR) is 123 cm³/mol. The third kappa shape index (κ3) is 5.43. The molecule has 3 rings (SSSR count). The molecular formula is C23H38N6O. The summed E-state index contributed by atoms with van der Waals surface area (Å²) < 4.78 is 0. The van der Waals surface area contributed by atoms with Crippen LogP contribution < -0.4 is 15.5 Å². The monoisotopic (exact) mass is 414 g/mol. The van der Waals surface area contributed by atoms with E-state index in [0.717, 1.165) is 62.0 Å². The minimum absolute atomic E-state index is 0.217. The van der Waals surface area contributed by atoms with Crippen molar-refractivity contribution in [2.24, 2.45) is 16.3 Å². The average Bonchev–Trinajstić information content (AvgIpc) is 3.24. The first-order valence-corrected chi connectivity index (χ1v) is 11.3. The number of nitrogens with zero attached hydrogens (tertiary/aromatic N) is 4. The molecule has 1 saturated heterocycles. The SMILES string of the molecule is CN=C(NCc1ccc(N2CCC(C)CC2)nc1)NCC1(C(=O)N(C)C)CCCC1. The van der Waals surface area contributed by atoms with Crippen molar-refractivity contribution in [3.05, 3.63) is 23.9 Å². The summed E-state index contributed by atoms with van der Waals surface area (Å²) in [6, 6.07) is 4.25. The van der Waals surface area contributed by atoms with E-state index in [1.54, 1.807) is 11.9 Å². The lowest BCUT2D eigenvalue weighted by molar-refractivity contribution is -0.138. The second kappa shape index (κ2) is 10.1. The van der Waals surface area contributed by atoms with Gasteiger partial charge in [0.05, 0.1) is 5.41 Å². The first kappa shape index (κ1) is 22.4. The van der Waals surface area contributed by atoms with Crippen LogP contribution in [0.1, 0.15) is 51.0 Å². The van der Waals surface area contributed by atoms with Gasteiger partial charge in [-0.15, -0.1) is 0 Å². The highest BCUT2D eigenvalue weighted by Crippen LogP contribution is 2.38. The Kier molecular flexibility index (Phi) is 7.56. The summed E-state index contributed by atoms with van der Waals surface area (Å²) in [5.41, 5.74) is 0.808. The molecular weight excluding hydrogens is 376 g/mol. The number of aliphatic imine (C=N–C) groups is 1. The van der Waals surface area contributed by atoms with Crippen LogP contribution in [-0.2, 0) is 11.3 Å². The van der Waals surface area contributed by atoms with Gasteiger partial charge in [-0.1, -0.05) is 25.8 Å². The Bertz CT molecular complexity index is 716. The van der Waals surface area contributed by atoms with Gasteiger partial charge in [0.1, 0.15) is 5.82 Å². The van der Waals surface area contributed by atoms with Gasteiger partial charge in [0.15, 0.2) is 5.96 Å². The summed E-state index contributed by atoms with van der Waals surface area (Å²) in [5.74, 6) is 2.83. The van der Waals surface area contributed by atoms with Gasteiger partial charge < -0.3 is 20.4 Å². The molecule has 166 valence electrons. The van der Waals surface area contributed by atoms with Crippen molar-refractivity contribution in [1.82, 2.24) is 20.5 Å². The third-order valence-electron chi connectivity index (χ3n) is 6.62. The van der Waals surface area contributed by atoms with Crippen molar-refractivity contribution in [1.29, 1.82) is 0 Å². The van der Waals surface area contributed by atoms with Crippen LogP contribution >= 0.6 is 0 Å². The Labute approximate surface area is 181 Å². The standard InChI is InChI=1S/C23H38N6O/c1-18-9-13-29(14-10-18)20-8-7-19(15-25-20)16-26-22(24-2)27-17-23(11-5-6-12-23)21(30)28(3)4/h7-8,15,18H,5-6,9-14,16-17H2,1-4H3,(H2,24,26,27). The fraction of sp³-hybridized carbons (Fsp3) is 0.696.